The van der Waals surface area contributed by atoms with Gasteiger partial charge < -0.3 is 15.4 Å². The van der Waals surface area contributed by atoms with Crippen molar-refractivity contribution in [3.05, 3.63) is 65.7 Å². The van der Waals surface area contributed by atoms with Gasteiger partial charge >= 0.3 is 0 Å². The van der Waals surface area contributed by atoms with Crippen molar-refractivity contribution in [1.29, 1.82) is 0 Å². The molecule has 132 valence electrons. The van der Waals surface area contributed by atoms with Crippen molar-refractivity contribution in [2.75, 3.05) is 18.5 Å². The molecule has 26 heavy (non-hydrogen) atoms. The van der Waals surface area contributed by atoms with Gasteiger partial charge in [-0.1, -0.05) is 36.1 Å². The number of hydrogen-bond donors (Lipinski definition) is 2. The average Bonchev–Trinajstić information content (AvgIpc) is 3.21. The second-order valence-electron chi connectivity index (χ2n) is 5.92. The van der Waals surface area contributed by atoms with E-state index in [1.807, 2.05) is 30.3 Å². The highest BCUT2D eigenvalue weighted by Crippen LogP contribution is 2.16. The van der Waals surface area contributed by atoms with Gasteiger partial charge in [0.2, 0.25) is 0 Å². The normalized spacial score (nSPS) is 15.6. The summed E-state index contributed by atoms with van der Waals surface area (Å²) in [5, 5.41) is 5.55. The Labute approximate surface area is 152 Å². The Kier molecular flexibility index (Phi) is 6.02. The van der Waals surface area contributed by atoms with Crippen LogP contribution in [0.15, 0.2) is 54.6 Å². The lowest BCUT2D eigenvalue weighted by molar-refractivity contribution is -0.124. The molecule has 0 saturated carbocycles. The van der Waals surface area contributed by atoms with E-state index in [4.69, 9.17) is 4.74 Å². The first-order valence-corrected chi connectivity index (χ1v) is 8.57. The number of ether oxygens (including phenoxy) is 1. The van der Waals surface area contributed by atoms with Crippen LogP contribution in [-0.2, 0) is 9.53 Å². The summed E-state index contributed by atoms with van der Waals surface area (Å²) in [5.74, 6) is 5.49. The lowest BCUT2D eigenvalue weighted by Gasteiger charge is -2.11. The zero-order chi connectivity index (χ0) is 18.2. The molecule has 2 aromatic rings. The molecule has 1 aliphatic rings. The molecule has 0 spiro atoms. The topological polar surface area (TPSA) is 67.4 Å². The number of benzene rings is 2. The minimum absolute atomic E-state index is 0.172. The summed E-state index contributed by atoms with van der Waals surface area (Å²) >= 11 is 0. The van der Waals surface area contributed by atoms with E-state index in [1.54, 1.807) is 24.3 Å². The van der Waals surface area contributed by atoms with Gasteiger partial charge in [0.15, 0.2) is 0 Å². The predicted molar refractivity (Wildman–Crippen MR) is 99.7 cm³/mol. The summed E-state index contributed by atoms with van der Waals surface area (Å²) in [4.78, 5) is 24.3. The molecule has 1 fully saturated rings. The summed E-state index contributed by atoms with van der Waals surface area (Å²) in [6.45, 7) is 0.866. The number of carbonyl (C=O) groups excluding carboxylic acids is 2. The Morgan fingerprint density at radius 2 is 1.96 bits per heavy atom. The molecule has 1 unspecified atom stereocenters. The van der Waals surface area contributed by atoms with E-state index in [2.05, 4.69) is 22.5 Å². The molecular formula is C21H20N2O3. The second-order valence-corrected chi connectivity index (χ2v) is 5.92. The predicted octanol–water partition coefficient (Wildman–Crippen LogP) is 2.59. The number of anilines is 1. The molecule has 2 amide bonds. The van der Waals surface area contributed by atoms with Crippen molar-refractivity contribution in [3.8, 4) is 11.8 Å². The molecule has 3 rings (SSSR count). The molecule has 1 aliphatic heterocycles. The van der Waals surface area contributed by atoms with Crippen molar-refractivity contribution in [1.82, 2.24) is 5.32 Å². The van der Waals surface area contributed by atoms with Crippen LogP contribution < -0.4 is 10.6 Å². The van der Waals surface area contributed by atoms with Gasteiger partial charge in [0, 0.05) is 23.4 Å². The van der Waals surface area contributed by atoms with E-state index in [1.165, 1.54) is 0 Å². The molecule has 1 heterocycles. The Balaban J connectivity index is 1.54. The van der Waals surface area contributed by atoms with E-state index in [0.717, 1.165) is 18.4 Å². The molecule has 1 saturated heterocycles. The minimum atomic E-state index is -0.402. The zero-order valence-electron chi connectivity index (χ0n) is 14.3. The number of hydrogen-bond acceptors (Lipinski definition) is 3. The Bertz CT molecular complexity index is 831. The smallest absolute Gasteiger partial charge is 0.253 e. The van der Waals surface area contributed by atoms with Gasteiger partial charge in [0.25, 0.3) is 11.8 Å². The molecule has 5 heteroatoms. The SMILES string of the molecule is O=C(NCC#Cc1ccccc1)c1cccc(NC(=O)C2CCCO2)c1. The standard InChI is InChI=1S/C21H20N2O3/c24-20(22-13-5-9-16-7-2-1-3-8-16)17-10-4-11-18(15-17)23-21(25)19-12-6-14-26-19/h1-4,7-8,10-11,15,19H,6,12-14H2,(H,22,24)(H,23,25). The first-order valence-electron chi connectivity index (χ1n) is 8.57. The minimum Gasteiger partial charge on any atom is -0.368 e. The van der Waals surface area contributed by atoms with E-state index < -0.39 is 6.10 Å². The maximum Gasteiger partial charge on any atom is 0.253 e. The van der Waals surface area contributed by atoms with Crippen molar-refractivity contribution in [3.63, 3.8) is 0 Å². The zero-order valence-corrected chi connectivity index (χ0v) is 14.3. The van der Waals surface area contributed by atoms with Gasteiger partial charge in [0.1, 0.15) is 6.10 Å². The van der Waals surface area contributed by atoms with E-state index in [9.17, 15) is 9.59 Å². The Morgan fingerprint density at radius 3 is 2.73 bits per heavy atom. The molecule has 0 bridgehead atoms. The fraction of sp³-hybridized carbons (Fsp3) is 0.238. The van der Waals surface area contributed by atoms with Gasteiger partial charge in [-0.05, 0) is 43.2 Å². The maximum absolute atomic E-state index is 12.2. The largest absolute Gasteiger partial charge is 0.368 e. The number of carbonyl (C=O) groups is 2. The summed E-state index contributed by atoms with van der Waals surface area (Å²) in [5.41, 5.74) is 1.95. The maximum atomic E-state index is 12.2. The quantitative estimate of drug-likeness (QED) is 0.835. The van der Waals surface area contributed by atoms with E-state index in [-0.39, 0.29) is 18.4 Å². The number of nitrogens with one attached hydrogen (secondary N) is 2. The van der Waals surface area contributed by atoms with Crippen LogP contribution in [0.1, 0.15) is 28.8 Å². The summed E-state index contributed by atoms with van der Waals surface area (Å²) in [6, 6.07) is 16.4. The summed E-state index contributed by atoms with van der Waals surface area (Å²) in [6.07, 6.45) is 1.22. The van der Waals surface area contributed by atoms with Crippen LogP contribution in [0, 0.1) is 11.8 Å². The van der Waals surface area contributed by atoms with Crippen LogP contribution in [0.3, 0.4) is 0 Å². The lowest BCUT2D eigenvalue weighted by atomic mass is 10.1. The van der Waals surface area contributed by atoms with Gasteiger partial charge in [-0.15, -0.1) is 0 Å². The van der Waals surface area contributed by atoms with Crippen LogP contribution in [0.4, 0.5) is 5.69 Å². The molecule has 0 aliphatic carbocycles. The molecule has 0 aromatic heterocycles. The van der Waals surface area contributed by atoms with Crippen LogP contribution in [0.2, 0.25) is 0 Å². The third-order valence-corrected chi connectivity index (χ3v) is 3.96. The van der Waals surface area contributed by atoms with Gasteiger partial charge in [-0.25, -0.2) is 0 Å². The molecule has 1 atom stereocenters. The van der Waals surface area contributed by atoms with Crippen molar-refractivity contribution in [2.45, 2.75) is 18.9 Å². The van der Waals surface area contributed by atoms with Crippen LogP contribution in [0.5, 0.6) is 0 Å². The molecule has 5 nitrogen and oxygen atoms in total. The highest BCUT2D eigenvalue weighted by atomic mass is 16.5. The Hall–Kier alpha value is -3.10. The lowest BCUT2D eigenvalue weighted by Crippen LogP contribution is -2.27. The Morgan fingerprint density at radius 1 is 1.12 bits per heavy atom. The summed E-state index contributed by atoms with van der Waals surface area (Å²) in [7, 11) is 0. The molecule has 2 N–H and O–H groups in total. The average molecular weight is 348 g/mol. The fourth-order valence-corrected chi connectivity index (χ4v) is 2.64. The fourth-order valence-electron chi connectivity index (χ4n) is 2.64. The van der Waals surface area contributed by atoms with Gasteiger partial charge in [-0.2, -0.15) is 0 Å². The first-order chi connectivity index (χ1) is 12.7. The third-order valence-electron chi connectivity index (χ3n) is 3.96. The summed E-state index contributed by atoms with van der Waals surface area (Å²) < 4.78 is 5.36. The van der Waals surface area contributed by atoms with Crippen molar-refractivity contribution < 1.29 is 14.3 Å². The highest BCUT2D eigenvalue weighted by Gasteiger charge is 2.23. The van der Waals surface area contributed by atoms with Crippen molar-refractivity contribution >= 4 is 17.5 Å². The van der Waals surface area contributed by atoms with Gasteiger partial charge in [0.05, 0.1) is 6.54 Å². The highest BCUT2D eigenvalue weighted by molar-refractivity contribution is 5.98. The molecule has 2 aromatic carbocycles. The van der Waals surface area contributed by atoms with E-state index in [0.29, 0.717) is 17.9 Å². The first kappa shape index (κ1) is 17.7. The second kappa shape index (κ2) is 8.84. The number of rotatable bonds is 4. The van der Waals surface area contributed by atoms with Crippen LogP contribution >= 0.6 is 0 Å². The van der Waals surface area contributed by atoms with E-state index >= 15 is 0 Å². The number of amides is 2. The van der Waals surface area contributed by atoms with Crippen LogP contribution in [0.25, 0.3) is 0 Å². The van der Waals surface area contributed by atoms with Gasteiger partial charge in [-0.3, -0.25) is 9.59 Å². The molecular weight excluding hydrogens is 328 g/mol. The van der Waals surface area contributed by atoms with Crippen LogP contribution in [-0.4, -0.2) is 31.1 Å². The monoisotopic (exact) mass is 348 g/mol. The third kappa shape index (κ3) is 4.95. The van der Waals surface area contributed by atoms with Crippen molar-refractivity contribution in [2.24, 2.45) is 0 Å². The molecule has 0 radical (unpaired) electrons.